The second-order valence-electron chi connectivity index (χ2n) is 10.5. The number of benzene rings is 2. The molecule has 0 saturated carbocycles. The molecule has 1 aliphatic carbocycles. The third-order valence-corrected chi connectivity index (χ3v) is 9.27. The zero-order chi connectivity index (χ0) is 30.4. The molecule has 0 unspecified atom stereocenters. The number of hydrogen-bond acceptors (Lipinski definition) is 8. The summed E-state index contributed by atoms with van der Waals surface area (Å²) in [6.45, 7) is 1.72. The lowest BCUT2D eigenvalue weighted by molar-refractivity contribution is -0.130. The Labute approximate surface area is 254 Å². The van der Waals surface area contributed by atoms with Crippen molar-refractivity contribution in [2.75, 3.05) is 19.5 Å². The van der Waals surface area contributed by atoms with E-state index in [2.05, 4.69) is 5.32 Å². The van der Waals surface area contributed by atoms with Gasteiger partial charge in [-0.2, -0.15) is 0 Å². The molecule has 13 heteroatoms. The molecular weight excluding hydrogens is 609 g/mol. The van der Waals surface area contributed by atoms with E-state index in [1.165, 1.54) is 45.0 Å². The molecule has 1 N–H and O–H groups in total. The average Bonchev–Trinajstić information content (AvgIpc) is 3.28. The van der Waals surface area contributed by atoms with E-state index >= 15 is 0 Å². The first-order chi connectivity index (χ1) is 19.9. The summed E-state index contributed by atoms with van der Waals surface area (Å²) in [6.07, 6.45) is 0.155. The SMILES string of the molecule is COc1cc(OC)c2c(c1Cl)O[C@@]1(C(=O)C3=C(C[C@H]1C)Nc1c(c(=O)n(C)c(=O)n1C)[C@@H]3c1ccc(Cl)cc1Cl)C2=O. The van der Waals surface area contributed by atoms with Crippen molar-refractivity contribution in [1.82, 2.24) is 9.13 Å². The van der Waals surface area contributed by atoms with Gasteiger partial charge in [-0.3, -0.25) is 23.5 Å². The van der Waals surface area contributed by atoms with E-state index in [0.29, 0.717) is 16.3 Å². The summed E-state index contributed by atoms with van der Waals surface area (Å²) in [7, 11) is 5.67. The van der Waals surface area contributed by atoms with Crippen LogP contribution in [-0.4, -0.2) is 40.5 Å². The summed E-state index contributed by atoms with van der Waals surface area (Å²) >= 11 is 19.5. The van der Waals surface area contributed by atoms with E-state index in [9.17, 15) is 19.2 Å². The van der Waals surface area contributed by atoms with Gasteiger partial charge < -0.3 is 19.5 Å². The molecule has 42 heavy (non-hydrogen) atoms. The normalized spacial score (nSPS) is 22.4. The number of nitrogens with zero attached hydrogens (tertiary/aromatic N) is 2. The lowest BCUT2D eigenvalue weighted by atomic mass is 9.66. The van der Waals surface area contributed by atoms with Crippen LogP contribution in [0.25, 0.3) is 0 Å². The Bertz CT molecular complexity index is 1910. The highest BCUT2D eigenvalue weighted by Gasteiger charge is 2.64. The number of anilines is 1. The topological polar surface area (TPSA) is 118 Å². The summed E-state index contributed by atoms with van der Waals surface area (Å²) in [5, 5.41) is 3.73. The lowest BCUT2D eigenvalue weighted by Gasteiger charge is -2.42. The van der Waals surface area contributed by atoms with Gasteiger partial charge >= 0.3 is 5.69 Å². The third-order valence-electron chi connectivity index (χ3n) is 8.35. The first kappa shape index (κ1) is 28.4. The summed E-state index contributed by atoms with van der Waals surface area (Å²) < 4.78 is 19.4. The van der Waals surface area contributed by atoms with E-state index in [0.717, 1.165) is 4.57 Å². The van der Waals surface area contributed by atoms with Crippen LogP contribution in [0.4, 0.5) is 5.82 Å². The van der Waals surface area contributed by atoms with Crippen molar-refractivity contribution in [2.45, 2.75) is 24.9 Å². The molecule has 10 nitrogen and oxygen atoms in total. The average molecular weight is 633 g/mol. The van der Waals surface area contributed by atoms with Gasteiger partial charge in [0.2, 0.25) is 17.2 Å². The van der Waals surface area contributed by atoms with E-state index in [1.807, 2.05) is 0 Å². The molecule has 3 aromatic rings. The number of aromatic nitrogens is 2. The second-order valence-corrected chi connectivity index (χ2v) is 11.7. The molecule has 0 fully saturated rings. The van der Waals surface area contributed by atoms with Crippen LogP contribution < -0.4 is 30.8 Å². The number of Topliss-reactive ketones (excluding diaryl/α,β-unsaturated/α-hetero) is 2. The zero-order valence-corrected chi connectivity index (χ0v) is 25.3. The Morgan fingerprint density at radius 2 is 1.67 bits per heavy atom. The van der Waals surface area contributed by atoms with Crippen molar-refractivity contribution in [3.8, 4) is 17.2 Å². The number of halogens is 3. The number of methoxy groups -OCH3 is 2. The molecule has 1 aromatic heterocycles. The number of nitrogens with one attached hydrogen (secondary N) is 1. The minimum absolute atomic E-state index is 0.0200. The predicted molar refractivity (Wildman–Crippen MR) is 157 cm³/mol. The number of rotatable bonds is 3. The first-order valence-corrected chi connectivity index (χ1v) is 14.0. The van der Waals surface area contributed by atoms with Gasteiger partial charge in [-0.25, -0.2) is 4.79 Å². The summed E-state index contributed by atoms with van der Waals surface area (Å²) in [5.41, 5.74) is -2.12. The van der Waals surface area contributed by atoms with Crippen LogP contribution in [0.15, 0.2) is 45.1 Å². The Balaban J connectivity index is 1.63. The van der Waals surface area contributed by atoms with E-state index in [4.69, 9.17) is 49.0 Å². The number of fused-ring (bicyclic) bond motifs is 2. The number of hydrogen-bond donors (Lipinski definition) is 1. The standard InChI is InChI=1S/C29H24Cl3N3O7/c1-11-8-15-19(24(36)29(11)25(37)20-16(40-4)10-17(41-5)22(32)23(20)42-29)18(13-7-6-12(30)9-14(13)31)21-26(33-15)34(2)28(39)35(3)27(21)38/h6-7,9-11,18,33H,8H2,1-5H3/t11-,18-,29+/m1/s1. The fraction of sp³-hybridized carbons (Fsp3) is 0.310. The smallest absolute Gasteiger partial charge is 0.332 e. The molecule has 0 saturated heterocycles. The highest BCUT2D eigenvalue weighted by atomic mass is 35.5. The molecule has 0 radical (unpaired) electrons. The van der Waals surface area contributed by atoms with Crippen molar-refractivity contribution in [3.63, 3.8) is 0 Å². The molecule has 3 atom stereocenters. The van der Waals surface area contributed by atoms with Crippen LogP contribution >= 0.6 is 34.8 Å². The van der Waals surface area contributed by atoms with Crippen LogP contribution in [0, 0.1) is 5.92 Å². The maximum absolute atomic E-state index is 14.9. The van der Waals surface area contributed by atoms with E-state index in [1.54, 1.807) is 19.1 Å². The highest BCUT2D eigenvalue weighted by molar-refractivity contribution is 6.37. The molecule has 6 rings (SSSR count). The van der Waals surface area contributed by atoms with E-state index in [-0.39, 0.29) is 56.2 Å². The van der Waals surface area contributed by atoms with Crippen molar-refractivity contribution in [3.05, 3.63) is 88.1 Å². The minimum atomic E-state index is -2.02. The summed E-state index contributed by atoms with van der Waals surface area (Å²) in [4.78, 5) is 55.7. The van der Waals surface area contributed by atoms with Crippen molar-refractivity contribution < 1.29 is 23.8 Å². The maximum atomic E-state index is 14.9. The molecule has 2 aromatic carbocycles. The largest absolute Gasteiger partial charge is 0.496 e. The Morgan fingerprint density at radius 1 is 0.976 bits per heavy atom. The Kier molecular flexibility index (Phi) is 6.53. The quantitative estimate of drug-likeness (QED) is 0.420. The van der Waals surface area contributed by atoms with Gasteiger partial charge in [0.25, 0.3) is 5.56 Å². The van der Waals surface area contributed by atoms with Crippen LogP contribution in [-0.2, 0) is 18.9 Å². The van der Waals surface area contributed by atoms with Crippen LogP contribution in [0.5, 0.6) is 17.2 Å². The fourth-order valence-electron chi connectivity index (χ4n) is 6.24. The summed E-state index contributed by atoms with van der Waals surface area (Å²) in [5.74, 6) is -2.50. The van der Waals surface area contributed by atoms with Crippen molar-refractivity contribution in [2.24, 2.45) is 20.0 Å². The number of carbonyl (C=O) groups is 2. The molecule has 3 aliphatic rings. The van der Waals surface area contributed by atoms with Crippen LogP contribution in [0.1, 0.15) is 40.7 Å². The Hall–Kier alpha value is -3.73. The molecule has 218 valence electrons. The van der Waals surface area contributed by atoms with E-state index < -0.39 is 40.3 Å². The van der Waals surface area contributed by atoms with Gasteiger partial charge in [-0.05, 0) is 24.1 Å². The zero-order valence-electron chi connectivity index (χ0n) is 23.1. The Morgan fingerprint density at radius 3 is 2.31 bits per heavy atom. The number of allylic oxidation sites excluding steroid dienone is 1. The third kappa shape index (κ3) is 3.58. The van der Waals surface area contributed by atoms with Crippen molar-refractivity contribution >= 4 is 52.2 Å². The van der Waals surface area contributed by atoms with Gasteiger partial charge in [0.15, 0.2) is 5.75 Å². The number of ketones is 2. The van der Waals surface area contributed by atoms with Gasteiger partial charge in [-0.15, -0.1) is 0 Å². The molecule has 0 bridgehead atoms. The number of carbonyl (C=O) groups excluding carboxylic acids is 2. The van der Waals surface area contributed by atoms with Gasteiger partial charge in [0.05, 0.1) is 19.8 Å². The monoisotopic (exact) mass is 631 g/mol. The maximum Gasteiger partial charge on any atom is 0.332 e. The summed E-state index contributed by atoms with van der Waals surface area (Å²) in [6, 6.07) is 6.17. The second kappa shape index (κ2) is 9.65. The molecular formula is C29H24Cl3N3O7. The molecule has 3 heterocycles. The van der Waals surface area contributed by atoms with Gasteiger partial charge in [0, 0.05) is 53.3 Å². The van der Waals surface area contributed by atoms with Gasteiger partial charge in [0.1, 0.15) is 27.9 Å². The van der Waals surface area contributed by atoms with Crippen molar-refractivity contribution in [1.29, 1.82) is 0 Å². The number of ether oxygens (including phenoxy) is 3. The van der Waals surface area contributed by atoms with Crippen LogP contribution in [0.2, 0.25) is 15.1 Å². The highest BCUT2D eigenvalue weighted by Crippen LogP contribution is 2.56. The molecule has 2 aliphatic heterocycles. The minimum Gasteiger partial charge on any atom is -0.496 e. The first-order valence-electron chi connectivity index (χ1n) is 12.9. The fourth-order valence-corrected chi connectivity index (χ4v) is 7.02. The van der Waals surface area contributed by atoms with Crippen LogP contribution in [0.3, 0.4) is 0 Å². The predicted octanol–water partition coefficient (Wildman–Crippen LogP) is 4.50. The van der Waals surface area contributed by atoms with Gasteiger partial charge in [-0.1, -0.05) is 47.8 Å². The lowest BCUT2D eigenvalue weighted by Crippen LogP contribution is -2.58. The molecule has 1 spiro atoms. The molecule has 0 amide bonds.